The van der Waals surface area contributed by atoms with Crippen molar-refractivity contribution < 1.29 is 12.9 Å². The first-order valence-electron chi connectivity index (χ1n) is 7.16. The molecule has 4 rings (SSSR count). The molecule has 122 valence electrons. The minimum absolute atomic E-state index is 0.138. The van der Waals surface area contributed by atoms with E-state index in [1.807, 2.05) is 0 Å². The van der Waals surface area contributed by atoms with Crippen molar-refractivity contribution in [2.24, 2.45) is 0 Å². The average Bonchev–Trinajstić information content (AvgIpc) is 3.04. The maximum absolute atomic E-state index is 12.4. The second kappa shape index (κ2) is 5.73. The topological polar surface area (TPSA) is 115 Å². The quantitative estimate of drug-likeness (QED) is 0.679. The predicted octanol–water partition coefficient (Wildman–Crippen LogP) is 0.710. The van der Waals surface area contributed by atoms with Gasteiger partial charge in [-0.2, -0.15) is 9.29 Å². The smallest absolute Gasteiger partial charge is 0.244 e. The van der Waals surface area contributed by atoms with E-state index in [0.717, 1.165) is 0 Å². The summed E-state index contributed by atoms with van der Waals surface area (Å²) in [4.78, 5) is 16.4. The van der Waals surface area contributed by atoms with Crippen molar-refractivity contribution in [1.29, 1.82) is 0 Å². The molecule has 1 fully saturated rings. The number of pyridine rings is 1. The molecule has 3 aromatic heterocycles. The van der Waals surface area contributed by atoms with Crippen LogP contribution in [0.1, 0.15) is 11.8 Å². The summed E-state index contributed by atoms with van der Waals surface area (Å²) in [5.41, 5.74) is 0. The third kappa shape index (κ3) is 2.55. The number of hydrogen-bond acceptors (Lipinski definition) is 8. The molecule has 24 heavy (non-hydrogen) atoms. The lowest BCUT2D eigenvalue weighted by atomic mass is 10.0. The maximum Gasteiger partial charge on any atom is 0.244 e. The van der Waals surface area contributed by atoms with E-state index in [-0.39, 0.29) is 23.9 Å². The molecule has 0 atom stereocenters. The van der Waals surface area contributed by atoms with Crippen LogP contribution in [0.5, 0.6) is 0 Å². The first-order chi connectivity index (χ1) is 11.6. The fourth-order valence-electron chi connectivity index (χ4n) is 2.35. The lowest BCUT2D eigenvalue weighted by Gasteiger charge is -2.35. The van der Waals surface area contributed by atoms with Crippen molar-refractivity contribution in [3.05, 3.63) is 48.9 Å². The Balaban J connectivity index is 1.48. The number of sulfonamides is 1. The summed E-state index contributed by atoms with van der Waals surface area (Å²) in [6.45, 7) is 0.572. The van der Waals surface area contributed by atoms with Gasteiger partial charge in [-0.25, -0.2) is 18.4 Å². The monoisotopic (exact) mass is 344 g/mol. The van der Waals surface area contributed by atoms with Crippen molar-refractivity contribution in [2.75, 3.05) is 13.1 Å². The Kier molecular flexibility index (Phi) is 3.54. The van der Waals surface area contributed by atoms with Gasteiger partial charge in [0.15, 0.2) is 0 Å². The van der Waals surface area contributed by atoms with E-state index in [1.165, 1.54) is 22.8 Å². The highest BCUT2D eigenvalue weighted by Gasteiger charge is 2.40. The zero-order valence-corrected chi connectivity index (χ0v) is 13.2. The van der Waals surface area contributed by atoms with Crippen molar-refractivity contribution in [1.82, 2.24) is 29.4 Å². The summed E-state index contributed by atoms with van der Waals surface area (Å²) < 4.78 is 31.4. The van der Waals surface area contributed by atoms with E-state index in [4.69, 9.17) is 4.52 Å². The van der Waals surface area contributed by atoms with Crippen LogP contribution in [0.25, 0.3) is 11.6 Å². The Bertz CT molecular complexity index is 939. The number of nitrogens with zero attached hydrogens (tertiary/aromatic N) is 6. The van der Waals surface area contributed by atoms with Gasteiger partial charge in [0.2, 0.25) is 27.6 Å². The van der Waals surface area contributed by atoms with Crippen molar-refractivity contribution in [3.63, 3.8) is 0 Å². The molecule has 0 aromatic carbocycles. The largest absolute Gasteiger partial charge is 0.338 e. The van der Waals surface area contributed by atoms with Gasteiger partial charge in [-0.3, -0.25) is 4.98 Å². The zero-order valence-electron chi connectivity index (χ0n) is 12.3. The summed E-state index contributed by atoms with van der Waals surface area (Å²) in [6, 6.07) is 4.80. The highest BCUT2D eigenvalue weighted by atomic mass is 32.2. The molecule has 0 amide bonds. The van der Waals surface area contributed by atoms with Gasteiger partial charge in [0, 0.05) is 37.9 Å². The number of aromatic nitrogens is 5. The molecule has 0 saturated carbocycles. The Labute approximate surface area is 137 Å². The second-order valence-electron chi connectivity index (χ2n) is 5.24. The molecule has 0 aliphatic carbocycles. The first-order valence-corrected chi connectivity index (χ1v) is 8.60. The molecule has 4 heterocycles. The molecule has 3 aromatic rings. The minimum atomic E-state index is -3.53. The molecule has 1 saturated heterocycles. The van der Waals surface area contributed by atoms with Crippen LogP contribution in [0.15, 0.2) is 52.4 Å². The van der Waals surface area contributed by atoms with Crippen LogP contribution in [-0.4, -0.2) is 50.9 Å². The summed E-state index contributed by atoms with van der Waals surface area (Å²) >= 11 is 0. The van der Waals surface area contributed by atoms with Crippen LogP contribution in [0.3, 0.4) is 0 Å². The fraction of sp³-hybridized carbons (Fsp3) is 0.214. The lowest BCUT2D eigenvalue weighted by molar-refractivity contribution is 0.216. The third-order valence-electron chi connectivity index (χ3n) is 3.68. The Morgan fingerprint density at radius 2 is 1.88 bits per heavy atom. The molecule has 1 aliphatic heterocycles. The van der Waals surface area contributed by atoms with E-state index in [9.17, 15) is 8.42 Å². The second-order valence-corrected chi connectivity index (χ2v) is 7.17. The van der Waals surface area contributed by atoms with E-state index in [2.05, 4.69) is 25.1 Å². The number of rotatable bonds is 4. The van der Waals surface area contributed by atoms with Crippen LogP contribution in [0.4, 0.5) is 0 Å². The van der Waals surface area contributed by atoms with Gasteiger partial charge < -0.3 is 4.52 Å². The first kappa shape index (κ1) is 14.8. The third-order valence-corrected chi connectivity index (χ3v) is 5.49. The van der Waals surface area contributed by atoms with Crippen LogP contribution < -0.4 is 0 Å². The predicted molar refractivity (Wildman–Crippen MR) is 81.1 cm³/mol. The van der Waals surface area contributed by atoms with Crippen LogP contribution >= 0.6 is 0 Å². The summed E-state index contributed by atoms with van der Waals surface area (Å²) in [7, 11) is -3.53. The van der Waals surface area contributed by atoms with Crippen LogP contribution in [0, 0.1) is 0 Å². The van der Waals surface area contributed by atoms with Crippen molar-refractivity contribution >= 4 is 10.0 Å². The lowest BCUT2D eigenvalue weighted by Crippen LogP contribution is -2.48. The molecule has 0 unspecified atom stereocenters. The van der Waals surface area contributed by atoms with E-state index >= 15 is 0 Å². The van der Waals surface area contributed by atoms with Crippen LogP contribution in [0.2, 0.25) is 0 Å². The van der Waals surface area contributed by atoms with Gasteiger partial charge in [0.25, 0.3) is 0 Å². The normalized spacial score (nSPS) is 16.0. The SMILES string of the molecule is O=S(=O)(c1cccnc1)N1CC(c2nc(-c3ncccn3)no2)C1. The zero-order chi connectivity index (χ0) is 16.6. The van der Waals surface area contributed by atoms with Crippen LogP contribution in [-0.2, 0) is 10.0 Å². The highest BCUT2D eigenvalue weighted by Crippen LogP contribution is 2.31. The van der Waals surface area contributed by atoms with E-state index in [1.54, 1.807) is 24.5 Å². The molecular formula is C14H12N6O3S. The fourth-order valence-corrected chi connectivity index (χ4v) is 3.84. The average molecular weight is 344 g/mol. The van der Waals surface area contributed by atoms with Crippen molar-refractivity contribution in [3.8, 4) is 11.6 Å². The molecule has 1 aliphatic rings. The summed E-state index contributed by atoms with van der Waals surface area (Å²) in [5, 5.41) is 3.85. The van der Waals surface area contributed by atoms with E-state index in [0.29, 0.717) is 17.5 Å². The Hall–Kier alpha value is -2.72. The maximum atomic E-state index is 12.4. The van der Waals surface area contributed by atoms with Gasteiger partial charge in [0.1, 0.15) is 4.90 Å². The molecule has 0 N–H and O–H groups in total. The van der Waals surface area contributed by atoms with Gasteiger partial charge >= 0.3 is 0 Å². The van der Waals surface area contributed by atoms with Crippen molar-refractivity contribution in [2.45, 2.75) is 10.8 Å². The summed E-state index contributed by atoms with van der Waals surface area (Å²) in [5.74, 6) is 0.905. The minimum Gasteiger partial charge on any atom is -0.338 e. The molecular weight excluding hydrogens is 332 g/mol. The summed E-state index contributed by atoms with van der Waals surface area (Å²) in [6.07, 6.45) is 6.04. The van der Waals surface area contributed by atoms with Gasteiger partial charge in [-0.1, -0.05) is 5.16 Å². The molecule has 0 bridgehead atoms. The Morgan fingerprint density at radius 3 is 2.58 bits per heavy atom. The van der Waals surface area contributed by atoms with Gasteiger partial charge in [-0.15, -0.1) is 0 Å². The van der Waals surface area contributed by atoms with E-state index < -0.39 is 10.0 Å². The van der Waals surface area contributed by atoms with Gasteiger partial charge in [-0.05, 0) is 18.2 Å². The van der Waals surface area contributed by atoms with Gasteiger partial charge in [0.05, 0.1) is 5.92 Å². The highest BCUT2D eigenvalue weighted by molar-refractivity contribution is 7.89. The molecule has 9 nitrogen and oxygen atoms in total. The Morgan fingerprint density at radius 1 is 1.08 bits per heavy atom. The molecule has 0 radical (unpaired) electrons. The molecule has 10 heteroatoms. The molecule has 0 spiro atoms. The standard InChI is InChI=1S/C14H12N6O3S/c21-24(22,11-3-1-4-15-7-11)20-8-10(9-20)14-18-13(19-23-14)12-16-5-2-6-17-12/h1-7,10H,8-9H2. The number of hydrogen-bond donors (Lipinski definition) is 0.